The normalized spacial score (nSPS) is 34.7. The largest absolute Gasteiger partial charge is 0.438 e. The Hall–Kier alpha value is -1.91. The van der Waals surface area contributed by atoms with Gasteiger partial charge in [-0.05, 0) is 38.7 Å². The van der Waals surface area contributed by atoms with Crippen LogP contribution in [-0.4, -0.2) is 40.2 Å². The molecular weight excluding hydrogens is 456 g/mol. The lowest BCUT2D eigenvalue weighted by Gasteiger charge is -2.54. The van der Waals surface area contributed by atoms with Gasteiger partial charge in [-0.2, -0.15) is 0 Å². The Morgan fingerprint density at radius 2 is 1.97 bits per heavy atom. The summed E-state index contributed by atoms with van der Waals surface area (Å²) in [7, 11) is -1.20. The van der Waals surface area contributed by atoms with Crippen molar-refractivity contribution in [1.82, 2.24) is 0 Å². The van der Waals surface area contributed by atoms with Crippen LogP contribution in [-0.2, 0) is 23.7 Å². The second kappa shape index (κ2) is 10.6. The number of ether oxygens (including phenoxy) is 4. The highest BCUT2D eigenvalue weighted by atomic mass is 28.3. The summed E-state index contributed by atoms with van der Waals surface area (Å²) in [5.41, 5.74) is 1.23. The molecule has 190 valence electrons. The first kappa shape index (κ1) is 26.2. The number of hydrogen-bond donors (Lipinski definition) is 0. The van der Waals surface area contributed by atoms with Crippen LogP contribution in [0, 0.1) is 41.4 Å². The lowest BCUT2D eigenvalue weighted by molar-refractivity contribution is -0.268. The monoisotopic (exact) mass is 496 g/mol. The topological polar surface area (TPSA) is 54.0 Å². The Morgan fingerprint density at radius 1 is 1.23 bits per heavy atom. The van der Waals surface area contributed by atoms with Gasteiger partial charge in [0.05, 0.1) is 24.0 Å². The van der Waals surface area contributed by atoms with Crippen molar-refractivity contribution in [3.63, 3.8) is 0 Å². The summed E-state index contributed by atoms with van der Waals surface area (Å²) in [4.78, 5) is 13.6. The molecule has 0 N–H and O–H groups in total. The molecular formula is C29H40O5Si. The summed E-state index contributed by atoms with van der Waals surface area (Å²) in [5.74, 6) is 2.77. The van der Waals surface area contributed by atoms with Crippen molar-refractivity contribution in [2.45, 2.75) is 64.8 Å². The van der Waals surface area contributed by atoms with E-state index in [2.05, 4.69) is 31.6 Å². The van der Waals surface area contributed by atoms with E-state index in [9.17, 15) is 4.79 Å². The van der Waals surface area contributed by atoms with E-state index in [0.717, 1.165) is 30.0 Å². The molecule has 0 bridgehead atoms. The summed E-state index contributed by atoms with van der Waals surface area (Å²) < 4.78 is 24.1. The molecule has 2 fully saturated rings. The first-order chi connectivity index (χ1) is 16.6. The van der Waals surface area contributed by atoms with Crippen molar-refractivity contribution in [2.75, 3.05) is 20.0 Å². The maximum Gasteiger partial charge on any atom is 0.315 e. The highest BCUT2D eigenvalue weighted by Crippen LogP contribution is 2.56. The van der Waals surface area contributed by atoms with Gasteiger partial charge < -0.3 is 18.9 Å². The van der Waals surface area contributed by atoms with Crippen molar-refractivity contribution in [3.05, 3.63) is 47.5 Å². The smallest absolute Gasteiger partial charge is 0.315 e. The SMILES string of the molecule is C#C[C@H]1C(C)=C[C@H]2[C@@H]3O[C@H](c4ccccc4)OC[C@H]3CC[C@@H]2[C@@]1(C)C(=O)OCOCC[Si](C)(C)C. The third kappa shape index (κ3) is 5.44. The molecule has 1 aromatic carbocycles. The fraction of sp³-hybridized carbons (Fsp3) is 0.621. The van der Waals surface area contributed by atoms with E-state index < -0.39 is 19.8 Å². The van der Waals surface area contributed by atoms with Gasteiger partial charge in [0.15, 0.2) is 13.1 Å². The molecule has 1 heterocycles. The van der Waals surface area contributed by atoms with Crippen molar-refractivity contribution in [2.24, 2.45) is 29.1 Å². The van der Waals surface area contributed by atoms with Gasteiger partial charge in [0.25, 0.3) is 0 Å². The minimum Gasteiger partial charge on any atom is -0.438 e. The molecule has 0 spiro atoms. The van der Waals surface area contributed by atoms with Gasteiger partial charge in [-0.3, -0.25) is 4.79 Å². The van der Waals surface area contributed by atoms with Gasteiger partial charge in [-0.25, -0.2) is 0 Å². The minimum atomic E-state index is -1.20. The van der Waals surface area contributed by atoms with E-state index in [0.29, 0.717) is 19.1 Å². The molecule has 0 aromatic heterocycles. The first-order valence-electron chi connectivity index (χ1n) is 12.9. The van der Waals surface area contributed by atoms with Crippen molar-refractivity contribution in [3.8, 4) is 12.3 Å². The fourth-order valence-corrected chi connectivity index (χ4v) is 6.87. The molecule has 1 saturated heterocycles. The molecule has 1 aliphatic heterocycles. The van der Waals surface area contributed by atoms with Crippen LogP contribution in [0.25, 0.3) is 0 Å². The van der Waals surface area contributed by atoms with E-state index >= 15 is 0 Å². The number of rotatable bonds is 7. The molecule has 4 rings (SSSR count). The maximum atomic E-state index is 13.6. The Bertz CT molecular complexity index is 962. The summed E-state index contributed by atoms with van der Waals surface area (Å²) in [6.07, 6.45) is 9.67. The van der Waals surface area contributed by atoms with Gasteiger partial charge in [0.2, 0.25) is 0 Å². The Balaban J connectivity index is 1.52. The number of terminal acetylenes is 1. The summed E-state index contributed by atoms with van der Waals surface area (Å²) in [6, 6.07) is 11.1. The second-order valence-electron chi connectivity index (χ2n) is 11.8. The first-order valence-corrected chi connectivity index (χ1v) is 16.6. The van der Waals surface area contributed by atoms with Gasteiger partial charge in [0.1, 0.15) is 0 Å². The van der Waals surface area contributed by atoms with E-state index in [-0.39, 0.29) is 36.6 Å². The van der Waals surface area contributed by atoms with Crippen LogP contribution >= 0.6 is 0 Å². The highest BCUT2D eigenvalue weighted by molar-refractivity contribution is 6.76. The third-order valence-corrected chi connectivity index (χ3v) is 9.83. The molecule has 1 aromatic rings. The molecule has 3 aliphatic rings. The number of fused-ring (bicyclic) bond motifs is 3. The average molecular weight is 497 g/mol. The van der Waals surface area contributed by atoms with E-state index in [1.54, 1.807) is 0 Å². The highest BCUT2D eigenvalue weighted by Gasteiger charge is 2.58. The van der Waals surface area contributed by atoms with Crippen LogP contribution < -0.4 is 0 Å². The number of benzene rings is 1. The van der Waals surface area contributed by atoms with Crippen LogP contribution in [0.5, 0.6) is 0 Å². The Labute approximate surface area is 211 Å². The lowest BCUT2D eigenvalue weighted by atomic mass is 9.52. The number of allylic oxidation sites excluding steroid dienone is 1. The molecule has 5 nitrogen and oxygen atoms in total. The molecule has 0 radical (unpaired) electrons. The second-order valence-corrected chi connectivity index (χ2v) is 17.4. The third-order valence-electron chi connectivity index (χ3n) is 8.13. The Morgan fingerprint density at radius 3 is 2.66 bits per heavy atom. The number of esters is 1. The standard InChI is InChI=1S/C29H40O5Si/c1-7-24-20(2)17-23-25(29(24,3)28(30)33-19-31-15-16-35(4,5)6)14-13-22-18-32-27(34-26(22)23)21-11-9-8-10-12-21/h1,8-12,17,22-27H,13-16,18-19H2,2-6H3/t22-,23-,24+,25+,26-,27-,29+/m1/s1. The fourth-order valence-electron chi connectivity index (χ4n) is 6.11. The van der Waals surface area contributed by atoms with Crippen LogP contribution in [0.4, 0.5) is 0 Å². The van der Waals surface area contributed by atoms with Crippen molar-refractivity contribution >= 4 is 14.0 Å². The molecule has 35 heavy (non-hydrogen) atoms. The van der Waals surface area contributed by atoms with Crippen molar-refractivity contribution < 1.29 is 23.7 Å². The molecule has 7 atom stereocenters. The molecule has 2 aliphatic carbocycles. The minimum absolute atomic E-state index is 0.0250. The molecule has 0 unspecified atom stereocenters. The number of hydrogen-bond acceptors (Lipinski definition) is 5. The van der Waals surface area contributed by atoms with E-state index in [1.807, 2.05) is 44.2 Å². The van der Waals surface area contributed by atoms with Crippen molar-refractivity contribution in [1.29, 1.82) is 0 Å². The number of carbonyl (C=O) groups is 1. The Kier molecular flexibility index (Phi) is 7.92. The zero-order chi connectivity index (χ0) is 25.2. The van der Waals surface area contributed by atoms with Gasteiger partial charge >= 0.3 is 5.97 Å². The van der Waals surface area contributed by atoms with Gasteiger partial charge in [-0.1, -0.05) is 67.5 Å². The summed E-state index contributed by atoms with van der Waals surface area (Å²) in [5, 5.41) is 0. The lowest BCUT2D eigenvalue weighted by Crippen LogP contribution is -2.56. The van der Waals surface area contributed by atoms with Gasteiger partial charge in [0, 0.05) is 32.1 Å². The summed E-state index contributed by atoms with van der Waals surface area (Å²) >= 11 is 0. The molecule has 0 amide bonds. The molecule has 6 heteroatoms. The zero-order valence-corrected chi connectivity index (χ0v) is 22.8. The van der Waals surface area contributed by atoms with E-state index in [4.69, 9.17) is 25.4 Å². The van der Waals surface area contributed by atoms with Crippen LogP contribution in [0.3, 0.4) is 0 Å². The summed E-state index contributed by atoms with van der Waals surface area (Å²) in [6.45, 7) is 12.2. The van der Waals surface area contributed by atoms with Crippen LogP contribution in [0.2, 0.25) is 25.7 Å². The maximum absolute atomic E-state index is 13.6. The van der Waals surface area contributed by atoms with Crippen LogP contribution in [0.15, 0.2) is 42.0 Å². The zero-order valence-electron chi connectivity index (χ0n) is 21.8. The van der Waals surface area contributed by atoms with Gasteiger partial charge in [-0.15, -0.1) is 6.42 Å². The molecule has 1 saturated carbocycles. The predicted molar refractivity (Wildman–Crippen MR) is 139 cm³/mol. The van der Waals surface area contributed by atoms with E-state index in [1.165, 1.54) is 0 Å². The van der Waals surface area contributed by atoms with Crippen LogP contribution in [0.1, 0.15) is 38.5 Å². The predicted octanol–water partition coefficient (Wildman–Crippen LogP) is 5.81. The quantitative estimate of drug-likeness (QED) is 0.119. The average Bonchev–Trinajstić information content (AvgIpc) is 2.83. The number of carbonyl (C=O) groups excluding carboxylic acids is 1.